The molecule has 3 rings (SSSR count). The van der Waals surface area contributed by atoms with Gasteiger partial charge in [-0.3, -0.25) is 0 Å². The van der Waals surface area contributed by atoms with Crippen molar-refractivity contribution in [3.05, 3.63) is 41.4 Å². The van der Waals surface area contributed by atoms with E-state index in [1.807, 2.05) is 5.98 Å². The number of rotatable bonds is 4. The predicted molar refractivity (Wildman–Crippen MR) is 115 cm³/mol. The van der Waals surface area contributed by atoms with Crippen LogP contribution >= 0.6 is 0 Å². The fourth-order valence-electron chi connectivity index (χ4n) is 4.11. The van der Waals surface area contributed by atoms with Gasteiger partial charge in [-0.2, -0.15) is 0 Å². The maximum atomic E-state index is 6.03. The van der Waals surface area contributed by atoms with Gasteiger partial charge in [-0.1, -0.05) is 43.2 Å². The van der Waals surface area contributed by atoms with Gasteiger partial charge in [0.15, 0.2) is 0 Å². The van der Waals surface area contributed by atoms with Gasteiger partial charge >= 0.3 is 7.12 Å². The third-order valence-corrected chi connectivity index (χ3v) is 6.88. The van der Waals surface area contributed by atoms with Crippen LogP contribution in [0.4, 0.5) is 0 Å². The fourth-order valence-corrected chi connectivity index (χ4v) is 4.11. The molecule has 0 N–H and O–H groups in total. The molecule has 2 aliphatic heterocycles. The van der Waals surface area contributed by atoms with E-state index in [1.54, 1.807) is 0 Å². The zero-order valence-electron chi connectivity index (χ0n) is 18.0. The van der Waals surface area contributed by atoms with Crippen molar-refractivity contribution in [2.75, 3.05) is 20.1 Å². The third-order valence-electron chi connectivity index (χ3n) is 6.88. The standard InChI is InChI=1S/C23H36BNO2/c1-18(20-8-7-16-25(6)17-14-20)21-11-9-19(10-12-21)13-15-24-26-22(2,3)23(4,5)27-24/h9-13,15,18,20H,7-8,14,16-17H2,1-6H3. The summed E-state index contributed by atoms with van der Waals surface area (Å²) in [5.74, 6) is 3.44. The number of nitrogens with zero attached hydrogens (tertiary/aromatic N) is 1. The Morgan fingerprint density at radius 2 is 1.67 bits per heavy atom. The van der Waals surface area contributed by atoms with Gasteiger partial charge in [0.1, 0.15) is 0 Å². The summed E-state index contributed by atoms with van der Waals surface area (Å²) < 4.78 is 12.1. The largest absolute Gasteiger partial charge is 0.487 e. The minimum absolute atomic E-state index is 0.281. The predicted octanol–water partition coefficient (Wildman–Crippen LogP) is 5.17. The van der Waals surface area contributed by atoms with Crippen LogP contribution < -0.4 is 0 Å². The second-order valence-corrected chi connectivity index (χ2v) is 9.43. The molecule has 1 aromatic rings. The summed E-state index contributed by atoms with van der Waals surface area (Å²) in [5, 5.41) is 0. The monoisotopic (exact) mass is 369 g/mol. The van der Waals surface area contributed by atoms with E-state index >= 15 is 0 Å². The highest BCUT2D eigenvalue weighted by Crippen LogP contribution is 2.37. The lowest BCUT2D eigenvalue weighted by Gasteiger charge is -2.32. The van der Waals surface area contributed by atoms with Crippen molar-refractivity contribution < 1.29 is 9.31 Å². The van der Waals surface area contributed by atoms with Gasteiger partial charge in [0.05, 0.1) is 11.2 Å². The molecule has 2 fully saturated rings. The van der Waals surface area contributed by atoms with Crippen LogP contribution in [-0.2, 0) is 9.31 Å². The quantitative estimate of drug-likeness (QED) is 0.684. The first kappa shape index (κ1) is 20.6. The molecule has 0 bridgehead atoms. The molecule has 4 heteroatoms. The zero-order valence-corrected chi connectivity index (χ0v) is 18.0. The molecule has 2 saturated heterocycles. The van der Waals surface area contributed by atoms with Gasteiger partial charge in [0.25, 0.3) is 0 Å². The molecule has 0 aliphatic carbocycles. The van der Waals surface area contributed by atoms with Gasteiger partial charge < -0.3 is 14.2 Å². The highest BCUT2D eigenvalue weighted by atomic mass is 16.7. The Balaban J connectivity index is 1.60. The first-order valence-electron chi connectivity index (χ1n) is 10.5. The molecule has 0 saturated carbocycles. The molecule has 0 radical (unpaired) electrons. The molecule has 3 nitrogen and oxygen atoms in total. The van der Waals surface area contributed by atoms with E-state index in [0.29, 0.717) is 5.92 Å². The number of likely N-dealkylation sites (tertiary alicyclic amines) is 1. The molecule has 1 aromatic carbocycles. The summed E-state index contributed by atoms with van der Waals surface area (Å²) >= 11 is 0. The van der Waals surface area contributed by atoms with Crippen LogP contribution in [0.2, 0.25) is 0 Å². The zero-order chi connectivity index (χ0) is 19.7. The van der Waals surface area contributed by atoms with Crippen LogP contribution in [0.3, 0.4) is 0 Å². The summed E-state index contributed by atoms with van der Waals surface area (Å²) in [5.41, 5.74) is 2.08. The Kier molecular flexibility index (Phi) is 6.19. The summed E-state index contributed by atoms with van der Waals surface area (Å²) in [7, 11) is 1.96. The topological polar surface area (TPSA) is 21.7 Å². The van der Waals surface area contributed by atoms with Crippen molar-refractivity contribution in [1.82, 2.24) is 4.90 Å². The molecule has 2 atom stereocenters. The van der Waals surface area contributed by atoms with E-state index in [-0.39, 0.29) is 18.3 Å². The number of hydrogen-bond acceptors (Lipinski definition) is 3. The van der Waals surface area contributed by atoms with Gasteiger partial charge in [-0.15, -0.1) is 0 Å². The first-order valence-corrected chi connectivity index (χ1v) is 10.5. The van der Waals surface area contributed by atoms with Crippen LogP contribution in [0.25, 0.3) is 6.08 Å². The van der Waals surface area contributed by atoms with Crippen molar-refractivity contribution in [3.8, 4) is 0 Å². The Morgan fingerprint density at radius 1 is 1.04 bits per heavy atom. The molecule has 2 aliphatic rings. The van der Waals surface area contributed by atoms with E-state index < -0.39 is 0 Å². The first-order chi connectivity index (χ1) is 12.7. The molecule has 2 unspecified atom stereocenters. The molecule has 0 aromatic heterocycles. The number of hydrogen-bond donors (Lipinski definition) is 0. The van der Waals surface area contributed by atoms with Gasteiger partial charge in [-0.25, -0.2) is 0 Å². The summed E-state index contributed by atoms with van der Waals surface area (Å²) in [6.45, 7) is 13.2. The third kappa shape index (κ3) is 4.85. The van der Waals surface area contributed by atoms with Crippen molar-refractivity contribution in [2.45, 2.75) is 71.0 Å². The van der Waals surface area contributed by atoms with Crippen LogP contribution in [0.5, 0.6) is 0 Å². The van der Waals surface area contributed by atoms with Crippen LogP contribution in [0.15, 0.2) is 30.2 Å². The van der Waals surface area contributed by atoms with Crippen molar-refractivity contribution in [1.29, 1.82) is 0 Å². The van der Waals surface area contributed by atoms with Gasteiger partial charge in [0, 0.05) is 0 Å². The van der Waals surface area contributed by atoms with E-state index in [9.17, 15) is 0 Å². The highest BCUT2D eigenvalue weighted by molar-refractivity contribution is 6.52. The van der Waals surface area contributed by atoms with Crippen LogP contribution in [0, 0.1) is 5.92 Å². The Labute approximate surface area is 166 Å². The van der Waals surface area contributed by atoms with E-state index in [0.717, 1.165) is 5.92 Å². The molecule has 0 amide bonds. The Morgan fingerprint density at radius 3 is 2.30 bits per heavy atom. The van der Waals surface area contributed by atoms with Crippen molar-refractivity contribution in [2.24, 2.45) is 5.92 Å². The number of benzene rings is 1. The summed E-state index contributed by atoms with van der Waals surface area (Å²) in [6, 6.07) is 9.03. The minimum atomic E-state index is -0.284. The summed E-state index contributed by atoms with van der Waals surface area (Å²) in [4.78, 5) is 2.47. The van der Waals surface area contributed by atoms with Crippen LogP contribution in [-0.4, -0.2) is 43.4 Å². The minimum Gasteiger partial charge on any atom is -0.400 e. The Hall–Kier alpha value is -1.10. The highest BCUT2D eigenvalue weighted by Gasteiger charge is 2.49. The SMILES string of the molecule is CC(c1ccc(C=CB2OC(C)(C)C(C)(C)O2)cc1)C1CCCN(C)CC1. The van der Waals surface area contributed by atoms with E-state index in [2.05, 4.69) is 76.9 Å². The smallest absolute Gasteiger partial charge is 0.400 e. The average molecular weight is 369 g/mol. The van der Waals surface area contributed by atoms with E-state index in [1.165, 1.54) is 43.5 Å². The maximum absolute atomic E-state index is 6.03. The summed E-state index contributed by atoms with van der Waals surface area (Å²) in [6.07, 6.45) is 6.08. The van der Waals surface area contributed by atoms with E-state index in [4.69, 9.17) is 9.31 Å². The molecule has 148 valence electrons. The lowest BCUT2D eigenvalue weighted by atomic mass is 9.82. The molecular formula is C23H36BNO2. The fraction of sp³-hybridized carbons (Fsp3) is 0.652. The Bertz CT molecular complexity index is 637. The van der Waals surface area contributed by atoms with Crippen LogP contribution in [0.1, 0.15) is 70.9 Å². The maximum Gasteiger partial charge on any atom is 0.487 e. The van der Waals surface area contributed by atoms with Crippen molar-refractivity contribution >= 4 is 13.2 Å². The molecule has 0 spiro atoms. The van der Waals surface area contributed by atoms with Crippen molar-refractivity contribution in [3.63, 3.8) is 0 Å². The molecule has 2 heterocycles. The normalized spacial score (nSPS) is 27.0. The molecular weight excluding hydrogens is 333 g/mol. The van der Waals surface area contributed by atoms with Gasteiger partial charge in [-0.05, 0) is 90.1 Å². The lowest BCUT2D eigenvalue weighted by Crippen LogP contribution is -2.41. The average Bonchev–Trinajstić information content (AvgIpc) is 2.75. The second kappa shape index (κ2) is 8.10. The lowest BCUT2D eigenvalue weighted by molar-refractivity contribution is 0.00578. The molecule has 27 heavy (non-hydrogen) atoms. The second-order valence-electron chi connectivity index (χ2n) is 9.43. The van der Waals surface area contributed by atoms with Gasteiger partial charge in [0.2, 0.25) is 0 Å².